The number of phenols is 2. The van der Waals surface area contributed by atoms with E-state index >= 15 is 0 Å². The van der Waals surface area contributed by atoms with Gasteiger partial charge in [-0.1, -0.05) is 6.42 Å². The number of hydrogen-bond acceptors (Lipinski definition) is 6. The molecule has 2 unspecified atom stereocenters. The molecule has 0 amide bonds. The smallest absolute Gasteiger partial charge is 0.195 e. The third-order valence-electron chi connectivity index (χ3n) is 7.71. The number of benzene rings is 3. The zero-order valence-electron chi connectivity index (χ0n) is 20.7. The Bertz CT molecular complexity index is 1400. The van der Waals surface area contributed by atoms with Crippen LogP contribution in [0.25, 0.3) is 20.5 Å². The molecule has 2 N–H and O–H groups in total. The van der Waals surface area contributed by atoms with Crippen molar-refractivity contribution in [3.8, 4) is 27.7 Å². The van der Waals surface area contributed by atoms with E-state index in [1.54, 1.807) is 30.3 Å². The lowest BCUT2D eigenvalue weighted by atomic mass is 9.91. The summed E-state index contributed by atoms with van der Waals surface area (Å²) in [5.74, 6) is 1.09. The van der Waals surface area contributed by atoms with Gasteiger partial charge in [-0.05, 0) is 117 Å². The van der Waals surface area contributed by atoms with Crippen LogP contribution in [0.5, 0.6) is 17.2 Å². The van der Waals surface area contributed by atoms with Gasteiger partial charge in [0.2, 0.25) is 0 Å². The Morgan fingerprint density at radius 1 is 0.838 bits per heavy atom. The number of aromatic hydroxyl groups is 2. The zero-order valence-corrected chi connectivity index (χ0v) is 21.5. The van der Waals surface area contributed by atoms with Crippen molar-refractivity contribution in [1.29, 1.82) is 0 Å². The van der Waals surface area contributed by atoms with Crippen LogP contribution in [-0.2, 0) is 0 Å². The number of ketones is 1. The fourth-order valence-corrected chi connectivity index (χ4v) is 7.07. The number of nitrogens with zero attached hydrogens (tertiary/aromatic N) is 1. The molecule has 2 atom stereocenters. The van der Waals surface area contributed by atoms with E-state index in [0.717, 1.165) is 32.7 Å². The maximum Gasteiger partial charge on any atom is 0.195 e. The molecule has 1 aliphatic heterocycles. The van der Waals surface area contributed by atoms with E-state index < -0.39 is 0 Å². The number of phenolic OH excluding ortho intramolecular Hbond substituents is 2. The van der Waals surface area contributed by atoms with E-state index in [2.05, 4.69) is 4.90 Å². The molecule has 1 aromatic heterocycles. The summed E-state index contributed by atoms with van der Waals surface area (Å²) >= 11 is 1.47. The zero-order chi connectivity index (χ0) is 25.4. The lowest BCUT2D eigenvalue weighted by Crippen LogP contribution is -2.46. The molecule has 0 radical (unpaired) electrons. The number of hydrogen-bond donors (Lipinski definition) is 2. The Morgan fingerprint density at radius 2 is 1.54 bits per heavy atom. The van der Waals surface area contributed by atoms with Crippen molar-refractivity contribution in [2.24, 2.45) is 0 Å². The largest absolute Gasteiger partial charge is 0.508 e. The van der Waals surface area contributed by atoms with E-state index in [-0.39, 0.29) is 23.4 Å². The van der Waals surface area contributed by atoms with E-state index in [4.69, 9.17) is 4.74 Å². The third kappa shape index (κ3) is 4.83. The van der Waals surface area contributed by atoms with Gasteiger partial charge in [-0.15, -0.1) is 11.3 Å². The van der Waals surface area contributed by atoms with E-state index in [1.165, 1.54) is 56.5 Å². The number of ether oxygens (including phenoxy) is 1. The van der Waals surface area contributed by atoms with Crippen molar-refractivity contribution in [1.82, 2.24) is 4.90 Å². The molecule has 6 heteroatoms. The van der Waals surface area contributed by atoms with Crippen molar-refractivity contribution in [2.75, 3.05) is 13.1 Å². The number of carbonyl (C=O) groups is 1. The van der Waals surface area contributed by atoms with Gasteiger partial charge in [-0.25, -0.2) is 0 Å². The molecular formula is C31H31NO4S. The van der Waals surface area contributed by atoms with E-state index in [9.17, 15) is 15.0 Å². The van der Waals surface area contributed by atoms with Crippen LogP contribution in [0.2, 0.25) is 0 Å². The van der Waals surface area contributed by atoms with Gasteiger partial charge in [0.1, 0.15) is 23.4 Å². The monoisotopic (exact) mass is 513 g/mol. The summed E-state index contributed by atoms with van der Waals surface area (Å²) in [6, 6.07) is 20.0. The maximum atomic E-state index is 13.8. The molecule has 4 aromatic rings. The highest BCUT2D eigenvalue weighted by atomic mass is 32.1. The summed E-state index contributed by atoms with van der Waals surface area (Å²) < 4.78 is 7.34. The highest BCUT2D eigenvalue weighted by Gasteiger charge is 2.33. The van der Waals surface area contributed by atoms with Gasteiger partial charge in [-0.3, -0.25) is 9.69 Å². The van der Waals surface area contributed by atoms with Gasteiger partial charge < -0.3 is 14.9 Å². The molecule has 1 aliphatic carbocycles. The molecule has 1 saturated heterocycles. The van der Waals surface area contributed by atoms with E-state index in [0.29, 0.717) is 17.2 Å². The van der Waals surface area contributed by atoms with Crippen LogP contribution in [0.3, 0.4) is 0 Å². The van der Waals surface area contributed by atoms with Gasteiger partial charge in [0.25, 0.3) is 0 Å². The SMILES string of the molecule is O=C(c1ccc(OC2CCCCC2N2CCCC2)cc1)c1c(-c2ccc(O)cc2)sc2cc(O)ccc12. The second-order valence-corrected chi connectivity index (χ2v) is 11.2. The lowest BCUT2D eigenvalue weighted by Gasteiger charge is -2.37. The second kappa shape index (κ2) is 10.2. The van der Waals surface area contributed by atoms with Gasteiger partial charge in [0, 0.05) is 32.1 Å². The number of carbonyl (C=O) groups excluding carboxylic acids is 1. The molecule has 37 heavy (non-hydrogen) atoms. The Hall–Kier alpha value is -3.35. The van der Waals surface area contributed by atoms with Crippen LogP contribution in [0, 0.1) is 0 Å². The number of rotatable bonds is 6. The van der Waals surface area contributed by atoms with Crippen molar-refractivity contribution in [3.05, 3.63) is 77.9 Å². The lowest BCUT2D eigenvalue weighted by molar-refractivity contribution is 0.0485. The first-order valence-electron chi connectivity index (χ1n) is 13.2. The first kappa shape index (κ1) is 24.0. The molecule has 1 saturated carbocycles. The Balaban J connectivity index is 1.29. The normalized spacial score (nSPS) is 20.3. The molecule has 190 valence electrons. The number of fused-ring (bicyclic) bond motifs is 1. The van der Waals surface area contributed by atoms with Gasteiger partial charge in [0.15, 0.2) is 5.78 Å². The quantitative estimate of drug-likeness (QED) is 0.272. The summed E-state index contributed by atoms with van der Waals surface area (Å²) in [6.07, 6.45) is 7.50. The van der Waals surface area contributed by atoms with Gasteiger partial charge in [-0.2, -0.15) is 0 Å². The molecule has 3 aromatic carbocycles. The van der Waals surface area contributed by atoms with Crippen LogP contribution < -0.4 is 4.74 Å². The summed E-state index contributed by atoms with van der Waals surface area (Å²) in [7, 11) is 0. The van der Waals surface area contributed by atoms with Crippen molar-refractivity contribution >= 4 is 27.2 Å². The summed E-state index contributed by atoms with van der Waals surface area (Å²) in [4.78, 5) is 17.3. The second-order valence-electron chi connectivity index (χ2n) is 10.1. The Labute approximate surface area is 220 Å². The van der Waals surface area contributed by atoms with Crippen LogP contribution in [0.15, 0.2) is 66.7 Å². The molecule has 2 fully saturated rings. The molecule has 5 nitrogen and oxygen atoms in total. The molecule has 6 rings (SSSR count). The Morgan fingerprint density at radius 3 is 2.30 bits per heavy atom. The summed E-state index contributed by atoms with van der Waals surface area (Å²) in [5, 5.41) is 20.6. The number of thiophene rings is 1. The minimum Gasteiger partial charge on any atom is -0.508 e. The topological polar surface area (TPSA) is 70.0 Å². The first-order valence-corrected chi connectivity index (χ1v) is 14.0. The van der Waals surface area contributed by atoms with Crippen molar-refractivity contribution in [2.45, 2.75) is 50.7 Å². The summed E-state index contributed by atoms with van der Waals surface area (Å²) in [6.45, 7) is 2.35. The van der Waals surface area contributed by atoms with Crippen LogP contribution >= 0.6 is 11.3 Å². The van der Waals surface area contributed by atoms with Crippen LogP contribution in [0.1, 0.15) is 54.4 Å². The fourth-order valence-electron chi connectivity index (χ4n) is 5.84. The third-order valence-corrected chi connectivity index (χ3v) is 8.91. The highest BCUT2D eigenvalue weighted by molar-refractivity contribution is 7.22. The summed E-state index contributed by atoms with van der Waals surface area (Å²) in [5.41, 5.74) is 2.06. The predicted octanol–water partition coefficient (Wildman–Crippen LogP) is 7.00. The molecule has 2 aliphatic rings. The standard InChI is InChI=1S/C31H31NO4S/c33-22-11-7-21(8-12-22)31-29(25-16-13-23(34)19-28(25)37-31)30(35)20-9-14-24(15-10-20)36-27-6-2-1-5-26(27)32-17-3-4-18-32/h7-16,19,26-27,33-34H,1-6,17-18H2. The van der Waals surface area contributed by atoms with Crippen molar-refractivity contribution < 1.29 is 19.7 Å². The average molecular weight is 514 g/mol. The molecule has 2 heterocycles. The molecule has 0 bridgehead atoms. The molecular weight excluding hydrogens is 482 g/mol. The minimum atomic E-state index is -0.0702. The fraction of sp³-hybridized carbons (Fsp3) is 0.323. The van der Waals surface area contributed by atoms with E-state index in [1.807, 2.05) is 36.4 Å². The van der Waals surface area contributed by atoms with Gasteiger partial charge >= 0.3 is 0 Å². The van der Waals surface area contributed by atoms with Gasteiger partial charge in [0.05, 0.1) is 0 Å². The van der Waals surface area contributed by atoms with Crippen molar-refractivity contribution in [3.63, 3.8) is 0 Å². The first-order chi connectivity index (χ1) is 18.1. The average Bonchev–Trinajstić information content (AvgIpc) is 3.58. The Kier molecular flexibility index (Phi) is 6.61. The van der Waals surface area contributed by atoms with Crippen LogP contribution in [0.4, 0.5) is 0 Å². The molecule has 0 spiro atoms. The highest BCUT2D eigenvalue weighted by Crippen LogP contribution is 2.41. The minimum absolute atomic E-state index is 0.0702. The number of likely N-dealkylation sites (tertiary alicyclic amines) is 1. The van der Waals surface area contributed by atoms with Crippen LogP contribution in [-0.4, -0.2) is 46.1 Å². The predicted molar refractivity (Wildman–Crippen MR) is 148 cm³/mol. The maximum absolute atomic E-state index is 13.8.